The first-order valence-corrected chi connectivity index (χ1v) is 4.88. The molecule has 1 aromatic carbocycles. The van der Waals surface area contributed by atoms with E-state index in [2.05, 4.69) is 9.71 Å². The van der Waals surface area contributed by atoms with Gasteiger partial charge in [0.2, 0.25) is 0 Å². The van der Waals surface area contributed by atoms with Crippen molar-refractivity contribution in [2.24, 2.45) is 0 Å². The lowest BCUT2D eigenvalue weighted by atomic mass is 10.3. The van der Waals surface area contributed by atoms with E-state index in [-0.39, 0.29) is 4.90 Å². The molecule has 1 aliphatic heterocycles. The number of sulfonamides is 1. The van der Waals surface area contributed by atoms with Crippen LogP contribution in [0.3, 0.4) is 0 Å². The summed E-state index contributed by atoms with van der Waals surface area (Å²) in [6.07, 6.45) is 1.30. The number of benzene rings is 1. The lowest BCUT2D eigenvalue weighted by Gasteiger charge is -2.04. The van der Waals surface area contributed by atoms with Gasteiger partial charge in [0.1, 0.15) is 5.69 Å². The quantitative estimate of drug-likeness (QED) is 0.537. The van der Waals surface area contributed by atoms with Crippen LogP contribution in [0.15, 0.2) is 29.2 Å². The number of anilines is 1. The summed E-state index contributed by atoms with van der Waals surface area (Å²) in [4.78, 5) is 0.285. The van der Waals surface area contributed by atoms with Crippen molar-refractivity contribution in [2.45, 2.75) is 4.90 Å². The summed E-state index contributed by atoms with van der Waals surface area (Å²) in [5, 5.41) is 2.80. The Morgan fingerprint density at radius 2 is 2.00 bits per heavy atom. The highest BCUT2D eigenvalue weighted by atomic mass is 32.2. The van der Waals surface area contributed by atoms with Gasteiger partial charge in [-0.15, -0.1) is 0 Å². The minimum atomic E-state index is -3.31. The number of hydrogen-bond donors (Lipinski definition) is 2. The zero-order valence-corrected chi connectivity index (χ0v) is 6.93. The van der Waals surface area contributed by atoms with Crippen molar-refractivity contribution in [3.8, 4) is 0 Å². The van der Waals surface area contributed by atoms with Crippen LogP contribution >= 0.6 is 0 Å². The van der Waals surface area contributed by atoms with Crippen molar-refractivity contribution in [3.63, 3.8) is 0 Å². The SMILES string of the molecule is O=S1(=O)[NH+]=CNc2ccccc21. The first-order valence-electron chi connectivity index (χ1n) is 3.40. The van der Waals surface area contributed by atoms with Gasteiger partial charge in [-0.3, -0.25) is 0 Å². The van der Waals surface area contributed by atoms with E-state index in [0.717, 1.165) is 0 Å². The fourth-order valence-electron chi connectivity index (χ4n) is 1.07. The van der Waals surface area contributed by atoms with Crippen LogP contribution in [-0.2, 0) is 10.0 Å². The molecule has 0 fully saturated rings. The number of rotatable bonds is 0. The van der Waals surface area contributed by atoms with Gasteiger partial charge in [0, 0.05) is 0 Å². The van der Waals surface area contributed by atoms with Crippen LogP contribution in [0.4, 0.5) is 5.69 Å². The second-order valence-electron chi connectivity index (χ2n) is 2.41. The second kappa shape index (κ2) is 2.31. The maximum absolute atomic E-state index is 11.3. The Kier molecular flexibility index (Phi) is 1.41. The minimum absolute atomic E-state index is 0.285. The molecule has 62 valence electrons. The molecule has 4 nitrogen and oxygen atoms in total. The van der Waals surface area contributed by atoms with Crippen molar-refractivity contribution >= 4 is 22.0 Å². The molecule has 0 saturated carbocycles. The maximum Gasteiger partial charge on any atom is 0.332 e. The van der Waals surface area contributed by atoms with Crippen molar-refractivity contribution in [3.05, 3.63) is 24.3 Å². The molecule has 0 radical (unpaired) electrons. The average molecular weight is 183 g/mol. The normalized spacial score (nSPS) is 18.0. The van der Waals surface area contributed by atoms with Gasteiger partial charge in [-0.1, -0.05) is 12.1 Å². The van der Waals surface area contributed by atoms with Crippen LogP contribution in [0.2, 0.25) is 0 Å². The van der Waals surface area contributed by atoms with E-state index in [9.17, 15) is 8.42 Å². The first kappa shape index (κ1) is 7.30. The lowest BCUT2D eigenvalue weighted by molar-refractivity contribution is -0.261. The van der Waals surface area contributed by atoms with Gasteiger partial charge < -0.3 is 0 Å². The zero-order chi connectivity index (χ0) is 8.60. The largest absolute Gasteiger partial charge is 0.332 e. The predicted molar refractivity (Wildman–Crippen MR) is 44.3 cm³/mol. The smallest absolute Gasteiger partial charge is 0.245 e. The van der Waals surface area contributed by atoms with Gasteiger partial charge in [-0.25, -0.2) is 5.32 Å². The summed E-state index contributed by atoms with van der Waals surface area (Å²) in [7, 11) is -3.31. The molecule has 5 heteroatoms. The monoisotopic (exact) mass is 183 g/mol. The molecule has 0 bridgehead atoms. The number of hydrogen-bond acceptors (Lipinski definition) is 3. The van der Waals surface area contributed by atoms with Crippen molar-refractivity contribution < 1.29 is 12.8 Å². The summed E-state index contributed by atoms with van der Waals surface area (Å²) in [5.41, 5.74) is 0.608. The van der Waals surface area contributed by atoms with Gasteiger partial charge >= 0.3 is 10.0 Å². The Labute approximate surface area is 70.0 Å². The van der Waals surface area contributed by atoms with Gasteiger partial charge in [0.15, 0.2) is 4.90 Å². The molecule has 0 saturated heterocycles. The van der Waals surface area contributed by atoms with Crippen molar-refractivity contribution in [1.82, 2.24) is 0 Å². The molecule has 1 aliphatic rings. The van der Waals surface area contributed by atoms with Crippen LogP contribution in [0.5, 0.6) is 0 Å². The van der Waals surface area contributed by atoms with E-state index in [1.165, 1.54) is 6.34 Å². The summed E-state index contributed by atoms with van der Waals surface area (Å²) >= 11 is 0. The maximum atomic E-state index is 11.3. The highest BCUT2D eigenvalue weighted by Gasteiger charge is 2.23. The Morgan fingerprint density at radius 3 is 2.75 bits per heavy atom. The van der Waals surface area contributed by atoms with Crippen molar-refractivity contribution in [1.29, 1.82) is 0 Å². The second-order valence-corrected chi connectivity index (χ2v) is 4.09. The topological polar surface area (TPSA) is 60.1 Å². The molecule has 0 unspecified atom stereocenters. The molecule has 0 aliphatic carbocycles. The fraction of sp³-hybridized carbons (Fsp3) is 0. The van der Waals surface area contributed by atoms with Crippen molar-refractivity contribution in [2.75, 3.05) is 5.32 Å². The third-order valence-electron chi connectivity index (χ3n) is 1.62. The molecule has 1 aromatic rings. The van der Waals surface area contributed by atoms with Crippen LogP contribution in [-0.4, -0.2) is 14.8 Å². The lowest BCUT2D eigenvalue weighted by Crippen LogP contribution is -2.75. The Hall–Kier alpha value is -1.36. The van der Waals surface area contributed by atoms with E-state index in [4.69, 9.17) is 0 Å². The molecule has 0 spiro atoms. The molecule has 0 amide bonds. The third-order valence-corrected chi connectivity index (χ3v) is 2.98. The molecule has 1 heterocycles. The van der Waals surface area contributed by atoms with Crippen LogP contribution in [0.1, 0.15) is 0 Å². The molecule has 0 atom stereocenters. The highest BCUT2D eigenvalue weighted by molar-refractivity contribution is 7.85. The van der Waals surface area contributed by atoms with Gasteiger partial charge in [0.25, 0.3) is 6.34 Å². The van der Waals surface area contributed by atoms with Gasteiger partial charge in [0.05, 0.1) is 0 Å². The zero-order valence-electron chi connectivity index (χ0n) is 6.11. The number of nitrogens with one attached hydrogen (secondary N) is 2. The Bertz CT molecular complexity index is 436. The highest BCUT2D eigenvalue weighted by Crippen LogP contribution is 2.18. The summed E-state index contributed by atoms with van der Waals surface area (Å²) in [5.74, 6) is 0. The average Bonchev–Trinajstić information content (AvgIpc) is 2.04. The predicted octanol–water partition coefficient (Wildman–Crippen LogP) is -1.09. The first-order chi connectivity index (χ1) is 5.70. The molecule has 0 aromatic heterocycles. The van der Waals surface area contributed by atoms with E-state index in [0.29, 0.717) is 5.69 Å². The fourth-order valence-corrected chi connectivity index (χ4v) is 2.08. The third kappa shape index (κ3) is 0.984. The van der Waals surface area contributed by atoms with Gasteiger partial charge in [-0.05, 0) is 12.1 Å². The Balaban J connectivity index is 2.75. The van der Waals surface area contributed by atoms with E-state index in [1.54, 1.807) is 24.3 Å². The van der Waals surface area contributed by atoms with E-state index >= 15 is 0 Å². The van der Waals surface area contributed by atoms with Crippen LogP contribution in [0.25, 0.3) is 0 Å². The Morgan fingerprint density at radius 1 is 1.25 bits per heavy atom. The standard InChI is InChI=1S/C7H6N2O2S/c10-12(11)7-4-2-1-3-6(7)8-5-9-12/h1-5H,(H,8,9)/p+1. The molecule has 12 heavy (non-hydrogen) atoms. The summed E-state index contributed by atoms with van der Waals surface area (Å²) in [6.45, 7) is 0. The number of fused-ring (bicyclic) bond motifs is 1. The van der Waals surface area contributed by atoms with E-state index < -0.39 is 10.0 Å². The van der Waals surface area contributed by atoms with Crippen LogP contribution < -0.4 is 9.71 Å². The summed E-state index contributed by atoms with van der Waals surface area (Å²) < 4.78 is 24.8. The molecular weight excluding hydrogens is 176 g/mol. The number of para-hydroxylation sites is 1. The molecule has 2 N–H and O–H groups in total. The van der Waals surface area contributed by atoms with E-state index in [1.807, 2.05) is 0 Å². The molecule has 2 rings (SSSR count). The molecular formula is C7H7N2O2S+. The van der Waals surface area contributed by atoms with Gasteiger partial charge in [-0.2, -0.15) is 12.8 Å². The minimum Gasteiger partial charge on any atom is -0.245 e. The van der Waals surface area contributed by atoms with Crippen LogP contribution in [0, 0.1) is 0 Å². The summed E-state index contributed by atoms with van der Waals surface area (Å²) in [6, 6.07) is 6.73.